The summed E-state index contributed by atoms with van der Waals surface area (Å²) in [6.45, 7) is 1.87. The summed E-state index contributed by atoms with van der Waals surface area (Å²) in [5, 5.41) is 14.1. The number of ether oxygens (including phenoxy) is 1. The van der Waals surface area contributed by atoms with Gasteiger partial charge < -0.3 is 4.74 Å². The van der Waals surface area contributed by atoms with E-state index in [2.05, 4.69) is 16.2 Å². The molecule has 0 unspecified atom stereocenters. The van der Waals surface area contributed by atoms with Gasteiger partial charge in [0.15, 0.2) is 5.78 Å². The van der Waals surface area contributed by atoms with Crippen LogP contribution in [0.5, 0.6) is 5.75 Å². The highest BCUT2D eigenvalue weighted by molar-refractivity contribution is 5.98. The lowest BCUT2D eigenvalue weighted by Gasteiger charge is -2.29. The van der Waals surface area contributed by atoms with Gasteiger partial charge in [0.1, 0.15) is 16.9 Å². The first-order valence-electron chi connectivity index (χ1n) is 10.6. The van der Waals surface area contributed by atoms with Crippen LogP contribution in [0.4, 0.5) is 0 Å². The van der Waals surface area contributed by atoms with E-state index in [-0.39, 0.29) is 18.0 Å². The van der Waals surface area contributed by atoms with Crippen molar-refractivity contribution in [2.75, 3.05) is 7.11 Å². The van der Waals surface area contributed by atoms with E-state index in [9.17, 15) is 14.9 Å². The van der Waals surface area contributed by atoms with Crippen LogP contribution in [-0.2, 0) is 16.6 Å². The van der Waals surface area contributed by atoms with Gasteiger partial charge in [0, 0.05) is 25.5 Å². The van der Waals surface area contributed by atoms with E-state index in [4.69, 9.17) is 4.74 Å². The van der Waals surface area contributed by atoms with Crippen molar-refractivity contribution in [3.05, 3.63) is 71.3 Å². The average Bonchev–Trinajstić information content (AvgIpc) is 3.22. The van der Waals surface area contributed by atoms with E-state index >= 15 is 0 Å². The number of nitriles is 1. The van der Waals surface area contributed by atoms with Crippen LogP contribution in [0.2, 0.25) is 0 Å². The summed E-state index contributed by atoms with van der Waals surface area (Å²) in [5.74, 6) is 0.905. The Kier molecular flexibility index (Phi) is 5.87. The van der Waals surface area contributed by atoms with Crippen molar-refractivity contribution in [3.63, 3.8) is 0 Å². The van der Waals surface area contributed by atoms with E-state index in [0.717, 1.165) is 22.7 Å². The highest BCUT2D eigenvalue weighted by Gasteiger charge is 2.37. The Balaban J connectivity index is 1.49. The largest absolute Gasteiger partial charge is 0.497 e. The zero-order valence-corrected chi connectivity index (χ0v) is 18.2. The molecule has 7 heteroatoms. The molecule has 0 amide bonds. The van der Waals surface area contributed by atoms with E-state index in [0.29, 0.717) is 36.9 Å². The molecule has 1 fully saturated rings. The zero-order valence-electron chi connectivity index (χ0n) is 18.2. The lowest BCUT2D eigenvalue weighted by Crippen LogP contribution is -2.31. The Labute approximate surface area is 186 Å². The SMILES string of the molecule is COc1ccc(-n2ncc(C(=O)Cc3ccc(C4(C#N)CCC(=O)CC4)nc3)c2C)cc1. The van der Waals surface area contributed by atoms with Crippen molar-refractivity contribution < 1.29 is 14.3 Å². The van der Waals surface area contributed by atoms with E-state index < -0.39 is 5.41 Å². The van der Waals surface area contributed by atoms with Crippen LogP contribution in [-0.4, -0.2) is 33.4 Å². The van der Waals surface area contributed by atoms with Crippen LogP contribution >= 0.6 is 0 Å². The Morgan fingerprint density at radius 2 is 1.88 bits per heavy atom. The number of nitrogens with zero attached hydrogens (tertiary/aromatic N) is 4. The van der Waals surface area contributed by atoms with Crippen molar-refractivity contribution in [2.45, 2.75) is 44.4 Å². The van der Waals surface area contributed by atoms with Crippen molar-refractivity contribution in [3.8, 4) is 17.5 Å². The number of aromatic nitrogens is 3. The van der Waals surface area contributed by atoms with Gasteiger partial charge in [0.25, 0.3) is 0 Å². The maximum atomic E-state index is 12.9. The highest BCUT2D eigenvalue weighted by atomic mass is 16.5. The Morgan fingerprint density at radius 1 is 1.16 bits per heavy atom. The van der Waals surface area contributed by atoms with Crippen LogP contribution in [0.1, 0.15) is 53.0 Å². The number of benzene rings is 1. The maximum absolute atomic E-state index is 12.9. The molecule has 7 nitrogen and oxygen atoms in total. The van der Waals surface area contributed by atoms with Gasteiger partial charge in [-0.1, -0.05) is 6.07 Å². The van der Waals surface area contributed by atoms with Gasteiger partial charge in [-0.25, -0.2) is 4.68 Å². The number of Topliss-reactive ketones (excluding diaryl/α,β-unsaturated/α-hetero) is 2. The van der Waals surface area contributed by atoms with Gasteiger partial charge in [-0.15, -0.1) is 0 Å². The summed E-state index contributed by atoms with van der Waals surface area (Å²) in [4.78, 5) is 29.0. The molecule has 162 valence electrons. The van der Waals surface area contributed by atoms with Crippen LogP contribution in [0.15, 0.2) is 48.8 Å². The first kappa shape index (κ1) is 21.4. The molecule has 0 aliphatic heterocycles. The molecule has 3 aromatic rings. The zero-order chi connectivity index (χ0) is 22.7. The second-order valence-electron chi connectivity index (χ2n) is 8.14. The monoisotopic (exact) mass is 428 g/mol. The maximum Gasteiger partial charge on any atom is 0.170 e. The molecule has 0 spiro atoms. The molecule has 0 radical (unpaired) electrons. The van der Waals surface area contributed by atoms with Crippen molar-refractivity contribution >= 4 is 11.6 Å². The molecule has 4 rings (SSSR count). The van der Waals surface area contributed by atoms with Crippen LogP contribution in [0.25, 0.3) is 5.69 Å². The average molecular weight is 428 g/mol. The number of hydrogen-bond donors (Lipinski definition) is 0. The molecule has 32 heavy (non-hydrogen) atoms. The number of ketones is 2. The molecule has 0 N–H and O–H groups in total. The van der Waals surface area contributed by atoms with Crippen LogP contribution in [0.3, 0.4) is 0 Å². The molecular formula is C25H24N4O3. The van der Waals surface area contributed by atoms with E-state index in [1.165, 1.54) is 0 Å². The summed E-state index contributed by atoms with van der Waals surface area (Å²) < 4.78 is 6.92. The quantitative estimate of drug-likeness (QED) is 0.552. The fourth-order valence-corrected chi connectivity index (χ4v) is 4.14. The third kappa shape index (κ3) is 4.04. The Morgan fingerprint density at radius 3 is 2.47 bits per heavy atom. The fraction of sp³-hybridized carbons (Fsp3) is 0.320. The minimum absolute atomic E-state index is 0.0462. The summed E-state index contributed by atoms with van der Waals surface area (Å²) in [5.41, 5.74) is 2.90. The number of pyridine rings is 1. The van der Waals surface area contributed by atoms with E-state index in [1.54, 1.807) is 24.2 Å². The first-order chi connectivity index (χ1) is 15.5. The Hall–Kier alpha value is -3.79. The van der Waals surface area contributed by atoms with Crippen LogP contribution in [0, 0.1) is 18.3 Å². The highest BCUT2D eigenvalue weighted by Crippen LogP contribution is 2.36. The standard InChI is InChI=1S/C25H24N4O3/c1-17-22(15-28-29(17)19-4-6-21(32-2)7-5-19)23(31)13-18-3-8-24(27-14-18)25(16-26)11-9-20(30)10-12-25/h3-8,14-15H,9-13H2,1-2H3. The molecule has 0 saturated heterocycles. The van der Waals surface area contributed by atoms with Gasteiger partial charge >= 0.3 is 0 Å². The molecule has 1 saturated carbocycles. The van der Waals surface area contributed by atoms with Crippen molar-refractivity contribution in [1.29, 1.82) is 5.26 Å². The van der Waals surface area contributed by atoms with Crippen LogP contribution < -0.4 is 4.74 Å². The number of carbonyl (C=O) groups excluding carboxylic acids is 2. The molecular weight excluding hydrogens is 404 g/mol. The summed E-state index contributed by atoms with van der Waals surface area (Å²) in [7, 11) is 1.61. The number of methoxy groups -OCH3 is 1. The molecule has 0 bridgehead atoms. The topological polar surface area (TPSA) is 97.9 Å². The lowest BCUT2D eigenvalue weighted by molar-refractivity contribution is -0.121. The van der Waals surface area contributed by atoms with Gasteiger partial charge in [-0.2, -0.15) is 10.4 Å². The minimum Gasteiger partial charge on any atom is -0.497 e. The van der Waals surface area contributed by atoms with Gasteiger partial charge in [-0.05, 0) is 55.7 Å². The van der Waals surface area contributed by atoms with E-state index in [1.807, 2.05) is 43.3 Å². The van der Waals surface area contributed by atoms with Gasteiger partial charge in [0.2, 0.25) is 0 Å². The lowest BCUT2D eigenvalue weighted by atomic mass is 9.72. The first-order valence-corrected chi connectivity index (χ1v) is 10.6. The predicted molar refractivity (Wildman–Crippen MR) is 118 cm³/mol. The van der Waals surface area contributed by atoms with Crippen molar-refractivity contribution in [2.24, 2.45) is 0 Å². The molecule has 0 atom stereocenters. The molecule has 2 heterocycles. The third-order valence-electron chi connectivity index (χ3n) is 6.18. The fourth-order valence-electron chi connectivity index (χ4n) is 4.14. The number of rotatable bonds is 6. The number of carbonyl (C=O) groups is 2. The summed E-state index contributed by atoms with van der Waals surface area (Å²) >= 11 is 0. The second kappa shape index (κ2) is 8.75. The summed E-state index contributed by atoms with van der Waals surface area (Å²) in [6.07, 6.45) is 5.26. The molecule has 1 aromatic carbocycles. The molecule has 2 aromatic heterocycles. The smallest absolute Gasteiger partial charge is 0.170 e. The normalized spacial score (nSPS) is 15.2. The third-order valence-corrected chi connectivity index (χ3v) is 6.18. The number of hydrogen-bond acceptors (Lipinski definition) is 6. The molecule has 1 aliphatic rings. The Bertz CT molecular complexity index is 1180. The summed E-state index contributed by atoms with van der Waals surface area (Å²) in [6, 6.07) is 13.5. The minimum atomic E-state index is -0.716. The van der Waals surface area contributed by atoms with Crippen molar-refractivity contribution in [1.82, 2.24) is 14.8 Å². The molecule has 1 aliphatic carbocycles. The van der Waals surface area contributed by atoms with Gasteiger partial charge in [-0.3, -0.25) is 14.6 Å². The predicted octanol–water partition coefficient (Wildman–Crippen LogP) is 3.91. The van der Waals surface area contributed by atoms with Gasteiger partial charge in [0.05, 0.1) is 42.0 Å². The second-order valence-corrected chi connectivity index (χ2v) is 8.14.